The van der Waals surface area contributed by atoms with Crippen LogP contribution in [0.4, 0.5) is 0 Å². The lowest BCUT2D eigenvalue weighted by Gasteiger charge is -2.33. The molecule has 1 heterocycles. The predicted molar refractivity (Wildman–Crippen MR) is 79.4 cm³/mol. The first-order valence-electron chi connectivity index (χ1n) is 6.73. The van der Waals surface area contributed by atoms with Crippen LogP contribution < -0.4 is 0 Å². The smallest absolute Gasteiger partial charge is 0.323 e. The van der Waals surface area contributed by atoms with Gasteiger partial charge in [0.05, 0.1) is 0 Å². The van der Waals surface area contributed by atoms with Crippen molar-refractivity contribution >= 4 is 22.8 Å². The molecule has 0 spiro atoms. The number of aryl methyl sites for hydroxylation is 1. The molecule has 0 saturated carbocycles. The van der Waals surface area contributed by atoms with Crippen LogP contribution in [0.5, 0.6) is 0 Å². The molecule has 5 heteroatoms. The third-order valence-electron chi connectivity index (χ3n) is 3.39. The van der Waals surface area contributed by atoms with Crippen molar-refractivity contribution in [2.45, 2.75) is 33.2 Å². The summed E-state index contributed by atoms with van der Waals surface area (Å²) >= 11 is 0. The SMILES string of the molecule is Cc1c(C(=O)N(CC(=O)O)C(C)(C)C)oc2ccccc12. The Balaban J connectivity index is 2.48. The minimum atomic E-state index is -1.05. The minimum absolute atomic E-state index is 0.201. The molecule has 0 bridgehead atoms. The van der Waals surface area contributed by atoms with Crippen molar-refractivity contribution in [2.75, 3.05) is 6.54 Å². The van der Waals surface area contributed by atoms with Gasteiger partial charge < -0.3 is 14.4 Å². The number of carbonyl (C=O) groups is 2. The first-order valence-corrected chi connectivity index (χ1v) is 6.73. The minimum Gasteiger partial charge on any atom is -0.480 e. The van der Waals surface area contributed by atoms with Gasteiger partial charge in [0.25, 0.3) is 5.91 Å². The van der Waals surface area contributed by atoms with E-state index in [1.54, 1.807) is 33.8 Å². The molecule has 2 aromatic rings. The van der Waals surface area contributed by atoms with Crippen LogP contribution >= 0.6 is 0 Å². The molecule has 1 aromatic heterocycles. The van der Waals surface area contributed by atoms with Gasteiger partial charge >= 0.3 is 5.97 Å². The number of amides is 1. The van der Waals surface area contributed by atoms with Crippen molar-refractivity contribution in [1.29, 1.82) is 0 Å². The van der Waals surface area contributed by atoms with E-state index in [2.05, 4.69) is 0 Å². The largest absolute Gasteiger partial charge is 0.480 e. The zero-order valence-corrected chi connectivity index (χ0v) is 12.6. The number of carbonyl (C=O) groups excluding carboxylic acids is 1. The topological polar surface area (TPSA) is 70.8 Å². The van der Waals surface area contributed by atoms with Gasteiger partial charge in [-0.05, 0) is 33.8 Å². The summed E-state index contributed by atoms with van der Waals surface area (Å²) in [7, 11) is 0. The van der Waals surface area contributed by atoms with Gasteiger partial charge in [-0.1, -0.05) is 18.2 Å². The van der Waals surface area contributed by atoms with Gasteiger partial charge in [0.1, 0.15) is 12.1 Å². The summed E-state index contributed by atoms with van der Waals surface area (Å²) in [5.41, 5.74) is 0.749. The molecule has 112 valence electrons. The highest BCUT2D eigenvalue weighted by molar-refractivity contribution is 6.00. The van der Waals surface area contributed by atoms with Crippen molar-refractivity contribution in [3.05, 3.63) is 35.6 Å². The predicted octanol–water partition coefficient (Wildman–Crippen LogP) is 3.07. The van der Waals surface area contributed by atoms with Crippen LogP contribution in [0, 0.1) is 6.92 Å². The van der Waals surface area contributed by atoms with Gasteiger partial charge in [-0.2, -0.15) is 0 Å². The van der Waals surface area contributed by atoms with Crippen LogP contribution in [-0.4, -0.2) is 34.0 Å². The maximum absolute atomic E-state index is 12.7. The van der Waals surface area contributed by atoms with E-state index in [0.717, 1.165) is 10.9 Å². The van der Waals surface area contributed by atoms with E-state index in [1.165, 1.54) is 4.90 Å². The van der Waals surface area contributed by atoms with Crippen LogP contribution in [0.2, 0.25) is 0 Å². The molecule has 0 fully saturated rings. The molecule has 0 saturated heterocycles. The van der Waals surface area contributed by atoms with Crippen LogP contribution in [0.3, 0.4) is 0 Å². The zero-order valence-electron chi connectivity index (χ0n) is 12.6. The average Bonchev–Trinajstić information content (AvgIpc) is 2.72. The summed E-state index contributed by atoms with van der Waals surface area (Å²) < 4.78 is 5.63. The molecule has 0 aliphatic carbocycles. The molecular weight excluding hydrogens is 270 g/mol. The second-order valence-corrected chi connectivity index (χ2v) is 6.01. The van der Waals surface area contributed by atoms with Gasteiger partial charge in [0.2, 0.25) is 0 Å². The highest BCUT2D eigenvalue weighted by Crippen LogP contribution is 2.27. The molecule has 0 unspecified atom stereocenters. The quantitative estimate of drug-likeness (QED) is 0.942. The van der Waals surface area contributed by atoms with E-state index in [9.17, 15) is 9.59 Å². The molecule has 21 heavy (non-hydrogen) atoms. The summed E-state index contributed by atoms with van der Waals surface area (Å²) in [5.74, 6) is -1.25. The third-order valence-corrected chi connectivity index (χ3v) is 3.39. The summed E-state index contributed by atoms with van der Waals surface area (Å²) in [6.45, 7) is 6.84. The number of rotatable bonds is 3. The molecule has 0 aliphatic heterocycles. The summed E-state index contributed by atoms with van der Waals surface area (Å²) in [5, 5.41) is 9.89. The van der Waals surface area contributed by atoms with E-state index in [4.69, 9.17) is 9.52 Å². The molecule has 0 radical (unpaired) electrons. The molecule has 0 atom stereocenters. The summed E-state index contributed by atoms with van der Waals surface area (Å²) in [6, 6.07) is 7.37. The molecular formula is C16H19NO4. The standard InChI is InChI=1S/C16H19NO4/c1-10-11-7-5-6-8-12(11)21-14(10)15(20)17(9-13(18)19)16(2,3)4/h5-8H,9H2,1-4H3,(H,18,19). The first-order chi connectivity index (χ1) is 9.71. The highest BCUT2D eigenvalue weighted by atomic mass is 16.4. The van der Waals surface area contributed by atoms with E-state index >= 15 is 0 Å². The van der Waals surface area contributed by atoms with Crippen LogP contribution in [0.1, 0.15) is 36.9 Å². The number of benzene rings is 1. The molecule has 1 N–H and O–H groups in total. The maximum Gasteiger partial charge on any atom is 0.323 e. The highest BCUT2D eigenvalue weighted by Gasteiger charge is 2.32. The summed E-state index contributed by atoms with van der Waals surface area (Å²) in [6.07, 6.45) is 0. The number of carboxylic acids is 1. The van der Waals surface area contributed by atoms with Crippen LogP contribution in [-0.2, 0) is 4.79 Å². The van der Waals surface area contributed by atoms with Crippen molar-refractivity contribution in [3.63, 3.8) is 0 Å². The lowest BCUT2D eigenvalue weighted by atomic mass is 10.0. The lowest BCUT2D eigenvalue weighted by molar-refractivity contribution is -0.138. The number of aliphatic carboxylic acids is 1. The van der Waals surface area contributed by atoms with E-state index in [0.29, 0.717) is 5.58 Å². The average molecular weight is 289 g/mol. The number of hydrogen-bond donors (Lipinski definition) is 1. The number of furan rings is 1. The Morgan fingerprint density at radius 2 is 1.86 bits per heavy atom. The Labute approximate surface area is 123 Å². The Morgan fingerprint density at radius 1 is 1.24 bits per heavy atom. The van der Waals surface area contributed by atoms with Crippen molar-refractivity contribution in [1.82, 2.24) is 4.90 Å². The fourth-order valence-electron chi connectivity index (χ4n) is 2.25. The molecule has 1 amide bonds. The number of carboxylic acid groups (broad SMARTS) is 1. The summed E-state index contributed by atoms with van der Waals surface area (Å²) in [4.78, 5) is 25.0. The van der Waals surface area contributed by atoms with Crippen LogP contribution in [0.25, 0.3) is 11.0 Å². The Kier molecular flexibility index (Phi) is 3.77. The Morgan fingerprint density at radius 3 is 2.38 bits per heavy atom. The fourth-order valence-corrected chi connectivity index (χ4v) is 2.25. The Hall–Kier alpha value is -2.30. The normalized spacial score (nSPS) is 11.6. The number of fused-ring (bicyclic) bond motifs is 1. The number of nitrogens with zero attached hydrogens (tertiary/aromatic N) is 1. The number of para-hydroxylation sites is 1. The first kappa shape index (κ1) is 15.1. The van der Waals surface area contributed by atoms with Gasteiger partial charge in [0.15, 0.2) is 5.76 Å². The third kappa shape index (κ3) is 2.91. The molecule has 1 aromatic carbocycles. The second kappa shape index (κ2) is 5.24. The van der Waals surface area contributed by atoms with E-state index in [1.807, 2.05) is 18.2 Å². The molecule has 5 nitrogen and oxygen atoms in total. The second-order valence-electron chi connectivity index (χ2n) is 6.01. The van der Waals surface area contributed by atoms with Crippen molar-refractivity contribution in [2.24, 2.45) is 0 Å². The number of hydrogen-bond acceptors (Lipinski definition) is 3. The van der Waals surface area contributed by atoms with Crippen molar-refractivity contribution < 1.29 is 19.1 Å². The fraction of sp³-hybridized carbons (Fsp3) is 0.375. The maximum atomic E-state index is 12.7. The molecule has 0 aliphatic rings. The van der Waals surface area contributed by atoms with Crippen LogP contribution in [0.15, 0.2) is 28.7 Å². The van der Waals surface area contributed by atoms with E-state index < -0.39 is 17.4 Å². The lowest BCUT2D eigenvalue weighted by Crippen LogP contribution is -2.48. The van der Waals surface area contributed by atoms with Crippen molar-refractivity contribution in [3.8, 4) is 0 Å². The van der Waals surface area contributed by atoms with Gasteiger partial charge in [-0.25, -0.2) is 0 Å². The monoisotopic (exact) mass is 289 g/mol. The van der Waals surface area contributed by atoms with Gasteiger partial charge in [-0.3, -0.25) is 9.59 Å². The van der Waals surface area contributed by atoms with Gasteiger partial charge in [-0.15, -0.1) is 0 Å². The Bertz CT molecular complexity index is 694. The van der Waals surface area contributed by atoms with E-state index in [-0.39, 0.29) is 12.3 Å². The molecule has 2 rings (SSSR count). The zero-order chi connectivity index (χ0) is 15.8. The van der Waals surface area contributed by atoms with Gasteiger partial charge in [0, 0.05) is 16.5 Å².